The van der Waals surface area contributed by atoms with Crippen molar-refractivity contribution in [2.24, 2.45) is 5.10 Å². The minimum Gasteiger partial charge on any atom is -0.455 e. The van der Waals surface area contributed by atoms with Gasteiger partial charge >= 0.3 is 6.18 Å². The van der Waals surface area contributed by atoms with Crippen molar-refractivity contribution in [2.75, 3.05) is 0 Å². The Bertz CT molecular complexity index is 1070. The second-order valence-electron chi connectivity index (χ2n) is 6.11. The first kappa shape index (κ1) is 20.1. The molecule has 1 amide bonds. The van der Waals surface area contributed by atoms with Gasteiger partial charge in [-0.3, -0.25) is 9.59 Å². The summed E-state index contributed by atoms with van der Waals surface area (Å²) in [5, 5.41) is 3.71. The molecule has 8 heteroatoms. The zero-order valence-corrected chi connectivity index (χ0v) is 15.2. The van der Waals surface area contributed by atoms with Gasteiger partial charge in [-0.25, -0.2) is 5.43 Å². The van der Waals surface area contributed by atoms with Gasteiger partial charge in [0.05, 0.1) is 11.8 Å². The Labute approximate surface area is 163 Å². The molecule has 0 saturated carbocycles. The van der Waals surface area contributed by atoms with Crippen molar-refractivity contribution < 1.29 is 27.2 Å². The quantitative estimate of drug-likeness (QED) is 0.375. The van der Waals surface area contributed by atoms with Gasteiger partial charge in [-0.15, -0.1) is 0 Å². The molecule has 0 aliphatic rings. The largest absolute Gasteiger partial charge is 0.455 e. The van der Waals surface area contributed by atoms with Crippen molar-refractivity contribution in [3.8, 4) is 11.3 Å². The first-order valence-electron chi connectivity index (χ1n) is 8.46. The normalized spacial score (nSPS) is 11.6. The van der Waals surface area contributed by atoms with Crippen LogP contribution in [0.5, 0.6) is 0 Å². The molecule has 0 atom stereocenters. The minimum atomic E-state index is -4.53. The lowest BCUT2D eigenvalue weighted by Crippen LogP contribution is -2.18. The topological polar surface area (TPSA) is 71.7 Å². The van der Waals surface area contributed by atoms with Crippen LogP contribution < -0.4 is 5.43 Å². The number of rotatable bonds is 5. The zero-order valence-electron chi connectivity index (χ0n) is 15.2. The van der Waals surface area contributed by atoms with E-state index in [0.717, 1.165) is 23.8 Å². The summed E-state index contributed by atoms with van der Waals surface area (Å²) >= 11 is 0. The number of carbonyl (C=O) groups is 2. The highest BCUT2D eigenvalue weighted by Gasteiger charge is 2.30. The SMILES string of the molecule is CC(=O)c1ccc(-c2ccc(/C=N\NC(=O)c3cccc(C(F)(F)F)c3)o2)cc1. The number of hydrogen-bond acceptors (Lipinski definition) is 4. The minimum absolute atomic E-state index is 0.0414. The van der Waals surface area contributed by atoms with Crippen LogP contribution >= 0.6 is 0 Å². The van der Waals surface area contributed by atoms with Crippen molar-refractivity contribution in [1.82, 2.24) is 5.43 Å². The van der Waals surface area contributed by atoms with E-state index in [9.17, 15) is 22.8 Å². The molecule has 0 bridgehead atoms. The highest BCUT2D eigenvalue weighted by molar-refractivity contribution is 5.95. The van der Waals surface area contributed by atoms with Crippen molar-refractivity contribution in [3.05, 3.63) is 83.1 Å². The smallest absolute Gasteiger partial charge is 0.416 e. The lowest BCUT2D eigenvalue weighted by atomic mass is 10.1. The molecule has 0 spiro atoms. The molecule has 3 aromatic rings. The molecule has 1 aromatic heterocycles. The van der Waals surface area contributed by atoms with E-state index in [2.05, 4.69) is 10.5 Å². The van der Waals surface area contributed by atoms with Crippen LogP contribution in [0, 0.1) is 0 Å². The second kappa shape index (κ2) is 8.14. The highest BCUT2D eigenvalue weighted by atomic mass is 19.4. The molecule has 0 unspecified atom stereocenters. The van der Waals surface area contributed by atoms with E-state index in [4.69, 9.17) is 4.42 Å². The van der Waals surface area contributed by atoms with Crippen LogP contribution in [0.15, 0.2) is 70.2 Å². The average Bonchev–Trinajstić information content (AvgIpc) is 3.16. The average molecular weight is 400 g/mol. The molecule has 148 valence electrons. The number of hydrazone groups is 1. The van der Waals surface area contributed by atoms with Gasteiger partial charge in [0.2, 0.25) is 0 Å². The predicted molar refractivity (Wildman–Crippen MR) is 101 cm³/mol. The maximum atomic E-state index is 12.7. The van der Waals surface area contributed by atoms with Crippen LogP contribution in [0.4, 0.5) is 13.2 Å². The van der Waals surface area contributed by atoms with Crippen LogP contribution in [-0.4, -0.2) is 17.9 Å². The second-order valence-corrected chi connectivity index (χ2v) is 6.11. The molecule has 1 heterocycles. The number of carbonyl (C=O) groups excluding carboxylic acids is 2. The van der Waals surface area contributed by atoms with E-state index < -0.39 is 17.6 Å². The summed E-state index contributed by atoms with van der Waals surface area (Å²) in [7, 11) is 0. The van der Waals surface area contributed by atoms with Crippen LogP contribution in [0.3, 0.4) is 0 Å². The summed E-state index contributed by atoms with van der Waals surface area (Å²) in [4.78, 5) is 23.3. The summed E-state index contributed by atoms with van der Waals surface area (Å²) in [6, 6.07) is 14.2. The molecular formula is C21H15F3N2O3. The highest BCUT2D eigenvalue weighted by Crippen LogP contribution is 2.29. The fraction of sp³-hybridized carbons (Fsp3) is 0.0952. The molecule has 0 aliphatic carbocycles. The number of ketones is 1. The molecule has 2 aromatic carbocycles. The summed E-state index contributed by atoms with van der Waals surface area (Å²) in [5.41, 5.74) is 2.42. The monoisotopic (exact) mass is 400 g/mol. The number of Topliss-reactive ketones (excluding diaryl/α,β-unsaturated/α-hetero) is 1. The van der Waals surface area contributed by atoms with Gasteiger partial charge < -0.3 is 4.42 Å². The lowest BCUT2D eigenvalue weighted by molar-refractivity contribution is -0.137. The summed E-state index contributed by atoms with van der Waals surface area (Å²) in [6.07, 6.45) is -3.30. The molecule has 0 radical (unpaired) electrons. The Hall–Kier alpha value is -3.68. The summed E-state index contributed by atoms with van der Waals surface area (Å²) < 4.78 is 43.7. The van der Waals surface area contributed by atoms with Crippen molar-refractivity contribution in [1.29, 1.82) is 0 Å². The van der Waals surface area contributed by atoms with Crippen LogP contribution in [0.25, 0.3) is 11.3 Å². The molecule has 0 saturated heterocycles. The summed E-state index contributed by atoms with van der Waals surface area (Å²) in [5.74, 6) is 0.0463. The van der Waals surface area contributed by atoms with E-state index in [1.165, 1.54) is 19.2 Å². The Balaban J connectivity index is 1.65. The van der Waals surface area contributed by atoms with E-state index in [0.29, 0.717) is 17.1 Å². The first-order valence-corrected chi connectivity index (χ1v) is 8.46. The summed E-state index contributed by atoms with van der Waals surface area (Å²) in [6.45, 7) is 1.48. The predicted octanol–water partition coefficient (Wildman–Crippen LogP) is 4.93. The third-order valence-electron chi connectivity index (χ3n) is 4.01. The fourth-order valence-electron chi connectivity index (χ4n) is 2.50. The number of furan rings is 1. The van der Waals surface area contributed by atoms with Gasteiger partial charge in [0.25, 0.3) is 5.91 Å². The number of benzene rings is 2. The van der Waals surface area contributed by atoms with Crippen molar-refractivity contribution in [3.63, 3.8) is 0 Å². The van der Waals surface area contributed by atoms with Gasteiger partial charge in [0.15, 0.2) is 5.78 Å². The molecule has 3 rings (SSSR count). The number of nitrogens with one attached hydrogen (secondary N) is 1. The maximum absolute atomic E-state index is 12.7. The van der Waals surface area contributed by atoms with Crippen molar-refractivity contribution in [2.45, 2.75) is 13.1 Å². The van der Waals surface area contributed by atoms with E-state index >= 15 is 0 Å². The van der Waals surface area contributed by atoms with Crippen molar-refractivity contribution >= 4 is 17.9 Å². The number of hydrogen-bond donors (Lipinski definition) is 1. The zero-order chi connectivity index (χ0) is 21.0. The molecular weight excluding hydrogens is 385 g/mol. The fourth-order valence-corrected chi connectivity index (χ4v) is 2.50. The van der Waals surface area contributed by atoms with Gasteiger partial charge in [0, 0.05) is 16.7 Å². The van der Waals surface area contributed by atoms with Crippen LogP contribution in [0.2, 0.25) is 0 Å². The van der Waals surface area contributed by atoms with E-state index in [1.807, 2.05) is 0 Å². The Morgan fingerprint density at radius 1 is 1.00 bits per heavy atom. The number of halogens is 3. The molecule has 0 aliphatic heterocycles. The third-order valence-corrected chi connectivity index (χ3v) is 4.01. The number of amides is 1. The molecule has 1 N–H and O–H groups in total. The maximum Gasteiger partial charge on any atom is 0.416 e. The van der Waals surface area contributed by atoms with Gasteiger partial charge in [-0.05, 0) is 37.3 Å². The van der Waals surface area contributed by atoms with E-state index in [-0.39, 0.29) is 11.3 Å². The van der Waals surface area contributed by atoms with Gasteiger partial charge in [-0.2, -0.15) is 18.3 Å². The van der Waals surface area contributed by atoms with Crippen LogP contribution in [-0.2, 0) is 6.18 Å². The lowest BCUT2D eigenvalue weighted by Gasteiger charge is -2.07. The Kier molecular flexibility index (Phi) is 5.63. The Morgan fingerprint density at radius 3 is 2.38 bits per heavy atom. The molecule has 0 fully saturated rings. The van der Waals surface area contributed by atoms with Gasteiger partial charge in [0.1, 0.15) is 11.5 Å². The third kappa shape index (κ3) is 4.98. The van der Waals surface area contributed by atoms with Gasteiger partial charge in [-0.1, -0.05) is 30.3 Å². The van der Waals surface area contributed by atoms with E-state index in [1.54, 1.807) is 36.4 Å². The standard InChI is InChI=1S/C21H15F3N2O3/c1-13(27)14-5-7-15(8-6-14)19-10-9-18(29-19)12-25-26-20(28)16-3-2-4-17(11-16)21(22,23)24/h2-12H,1H3,(H,26,28)/b25-12-. The number of alkyl halides is 3. The van der Waals surface area contributed by atoms with Crippen LogP contribution in [0.1, 0.15) is 39.0 Å². The molecule has 29 heavy (non-hydrogen) atoms. The molecule has 5 nitrogen and oxygen atoms in total. The first-order chi connectivity index (χ1) is 13.7. The Morgan fingerprint density at radius 2 is 1.72 bits per heavy atom. The number of nitrogens with zero attached hydrogens (tertiary/aromatic N) is 1.